The largest absolute Gasteiger partial charge is 0.236 e. The molecule has 1 aromatic carbocycles. The van der Waals surface area contributed by atoms with Gasteiger partial charge >= 0.3 is 0 Å². The van der Waals surface area contributed by atoms with Crippen LogP contribution < -0.4 is 0 Å². The molecule has 2 aromatic rings. The Hall–Kier alpha value is -2.15. The van der Waals surface area contributed by atoms with Gasteiger partial charge in [0.05, 0.1) is 11.3 Å². The van der Waals surface area contributed by atoms with Crippen molar-refractivity contribution in [3.05, 3.63) is 47.5 Å². The van der Waals surface area contributed by atoms with Gasteiger partial charge in [0.25, 0.3) is 0 Å². The molecule has 0 radical (unpaired) electrons. The average molecular weight is 229 g/mol. The molecule has 0 spiro atoms. The van der Waals surface area contributed by atoms with Crippen LogP contribution in [-0.4, -0.2) is 9.78 Å². The molecular formula is C13H12FN3. The molecule has 17 heavy (non-hydrogen) atoms. The highest BCUT2D eigenvalue weighted by molar-refractivity contribution is 5.39. The van der Waals surface area contributed by atoms with E-state index in [1.165, 1.54) is 10.7 Å². The van der Waals surface area contributed by atoms with Gasteiger partial charge in [0.1, 0.15) is 17.6 Å². The van der Waals surface area contributed by atoms with E-state index in [9.17, 15) is 4.39 Å². The Kier molecular flexibility index (Phi) is 2.92. The van der Waals surface area contributed by atoms with Gasteiger partial charge in [-0.05, 0) is 18.1 Å². The van der Waals surface area contributed by atoms with E-state index in [1.54, 1.807) is 24.4 Å². The monoisotopic (exact) mass is 229 g/mol. The van der Waals surface area contributed by atoms with Crippen molar-refractivity contribution in [1.82, 2.24) is 9.78 Å². The number of para-hydroxylation sites is 1. The summed E-state index contributed by atoms with van der Waals surface area (Å²) < 4.78 is 15.0. The first kappa shape index (κ1) is 11.3. The van der Waals surface area contributed by atoms with Crippen molar-refractivity contribution in [2.75, 3.05) is 0 Å². The number of benzene rings is 1. The highest BCUT2D eigenvalue weighted by Gasteiger charge is 2.14. The number of nitriles is 1. The van der Waals surface area contributed by atoms with Crippen LogP contribution in [0.4, 0.5) is 4.39 Å². The van der Waals surface area contributed by atoms with Gasteiger partial charge in [-0.2, -0.15) is 10.4 Å². The molecule has 0 saturated carbocycles. The van der Waals surface area contributed by atoms with E-state index >= 15 is 0 Å². The fourth-order valence-corrected chi connectivity index (χ4v) is 1.66. The Morgan fingerprint density at radius 1 is 1.35 bits per heavy atom. The minimum Gasteiger partial charge on any atom is -0.236 e. The SMILES string of the molecule is CC(C)c1nn(-c2ccccc2F)cc1C#N. The maximum Gasteiger partial charge on any atom is 0.148 e. The van der Waals surface area contributed by atoms with Crippen molar-refractivity contribution in [1.29, 1.82) is 5.26 Å². The lowest BCUT2D eigenvalue weighted by Crippen LogP contribution is -1.99. The quantitative estimate of drug-likeness (QED) is 0.794. The Morgan fingerprint density at radius 3 is 2.59 bits per heavy atom. The molecule has 0 saturated heterocycles. The molecule has 3 nitrogen and oxygen atoms in total. The number of nitrogens with zero attached hydrogens (tertiary/aromatic N) is 3. The lowest BCUT2D eigenvalue weighted by molar-refractivity contribution is 0.608. The van der Waals surface area contributed by atoms with E-state index in [-0.39, 0.29) is 11.7 Å². The van der Waals surface area contributed by atoms with Gasteiger partial charge in [-0.3, -0.25) is 0 Å². The molecule has 0 aliphatic heterocycles. The van der Waals surface area contributed by atoms with Crippen LogP contribution in [0.3, 0.4) is 0 Å². The van der Waals surface area contributed by atoms with Crippen LogP contribution >= 0.6 is 0 Å². The third kappa shape index (κ3) is 2.04. The molecule has 0 unspecified atom stereocenters. The maximum atomic E-state index is 13.6. The van der Waals surface area contributed by atoms with Gasteiger partial charge < -0.3 is 0 Å². The minimum absolute atomic E-state index is 0.137. The summed E-state index contributed by atoms with van der Waals surface area (Å²) in [6.07, 6.45) is 1.56. The van der Waals surface area contributed by atoms with E-state index < -0.39 is 0 Å². The second-order valence-corrected chi connectivity index (χ2v) is 4.09. The minimum atomic E-state index is -0.352. The van der Waals surface area contributed by atoms with Gasteiger partial charge in [0.2, 0.25) is 0 Å². The van der Waals surface area contributed by atoms with E-state index in [0.29, 0.717) is 16.9 Å². The summed E-state index contributed by atoms with van der Waals surface area (Å²) >= 11 is 0. The van der Waals surface area contributed by atoms with Gasteiger partial charge in [-0.15, -0.1) is 0 Å². The Labute approximate surface area is 99.1 Å². The van der Waals surface area contributed by atoms with Crippen LogP contribution in [0, 0.1) is 17.1 Å². The molecular weight excluding hydrogens is 217 g/mol. The summed E-state index contributed by atoms with van der Waals surface area (Å²) in [5.74, 6) is -0.215. The van der Waals surface area contributed by atoms with E-state index in [2.05, 4.69) is 11.2 Å². The number of halogens is 1. The molecule has 0 amide bonds. The molecule has 2 rings (SSSR count). The first-order chi connectivity index (χ1) is 8.13. The summed E-state index contributed by atoms with van der Waals surface area (Å²) in [7, 11) is 0. The van der Waals surface area contributed by atoms with Gasteiger partial charge in [0, 0.05) is 6.20 Å². The van der Waals surface area contributed by atoms with Crippen LogP contribution in [0.1, 0.15) is 31.0 Å². The molecule has 1 aromatic heterocycles. The van der Waals surface area contributed by atoms with Crippen LogP contribution in [0.15, 0.2) is 30.5 Å². The number of aromatic nitrogens is 2. The normalized spacial score (nSPS) is 10.5. The predicted molar refractivity (Wildman–Crippen MR) is 62.3 cm³/mol. The third-order valence-electron chi connectivity index (χ3n) is 2.51. The van der Waals surface area contributed by atoms with E-state index in [0.717, 1.165) is 0 Å². The van der Waals surface area contributed by atoms with Crippen LogP contribution in [0.5, 0.6) is 0 Å². The Balaban J connectivity index is 2.56. The van der Waals surface area contributed by atoms with Crippen molar-refractivity contribution in [3.8, 4) is 11.8 Å². The molecule has 1 heterocycles. The second-order valence-electron chi connectivity index (χ2n) is 4.09. The van der Waals surface area contributed by atoms with E-state index in [4.69, 9.17) is 5.26 Å². The van der Waals surface area contributed by atoms with Gasteiger partial charge in [-0.25, -0.2) is 9.07 Å². The molecule has 0 N–H and O–H groups in total. The summed E-state index contributed by atoms with van der Waals surface area (Å²) in [5.41, 5.74) is 1.54. The van der Waals surface area contributed by atoms with Crippen LogP contribution in [0.25, 0.3) is 5.69 Å². The fraction of sp³-hybridized carbons (Fsp3) is 0.231. The van der Waals surface area contributed by atoms with Crippen molar-refractivity contribution in [3.63, 3.8) is 0 Å². The Morgan fingerprint density at radius 2 is 2.06 bits per heavy atom. The molecule has 0 aliphatic carbocycles. The van der Waals surface area contributed by atoms with Crippen molar-refractivity contribution >= 4 is 0 Å². The van der Waals surface area contributed by atoms with Crippen molar-refractivity contribution < 1.29 is 4.39 Å². The van der Waals surface area contributed by atoms with Crippen molar-refractivity contribution in [2.45, 2.75) is 19.8 Å². The second kappa shape index (κ2) is 4.38. The smallest absolute Gasteiger partial charge is 0.148 e. The highest BCUT2D eigenvalue weighted by Crippen LogP contribution is 2.20. The zero-order valence-electron chi connectivity index (χ0n) is 9.68. The molecule has 0 aliphatic rings. The topological polar surface area (TPSA) is 41.6 Å². The first-order valence-electron chi connectivity index (χ1n) is 5.38. The molecule has 4 heteroatoms. The summed E-state index contributed by atoms with van der Waals surface area (Å²) in [5, 5.41) is 13.3. The molecule has 0 fully saturated rings. The summed E-state index contributed by atoms with van der Waals surface area (Å²) in [4.78, 5) is 0. The highest BCUT2D eigenvalue weighted by atomic mass is 19.1. The molecule has 86 valence electrons. The summed E-state index contributed by atoms with van der Waals surface area (Å²) in [6, 6.07) is 8.45. The maximum absolute atomic E-state index is 13.6. The van der Waals surface area contributed by atoms with Gasteiger partial charge in [-0.1, -0.05) is 26.0 Å². The van der Waals surface area contributed by atoms with Crippen LogP contribution in [0.2, 0.25) is 0 Å². The molecule has 0 atom stereocenters. The lowest BCUT2D eigenvalue weighted by atomic mass is 10.1. The predicted octanol–water partition coefficient (Wildman–Crippen LogP) is 3.01. The number of rotatable bonds is 2. The summed E-state index contributed by atoms with van der Waals surface area (Å²) in [6.45, 7) is 3.91. The zero-order chi connectivity index (χ0) is 12.4. The fourth-order valence-electron chi connectivity index (χ4n) is 1.66. The first-order valence-corrected chi connectivity index (χ1v) is 5.38. The lowest BCUT2D eigenvalue weighted by Gasteiger charge is -2.02. The van der Waals surface area contributed by atoms with Gasteiger partial charge in [0.15, 0.2) is 0 Å². The third-order valence-corrected chi connectivity index (χ3v) is 2.51. The van der Waals surface area contributed by atoms with E-state index in [1.807, 2.05) is 13.8 Å². The van der Waals surface area contributed by atoms with Crippen molar-refractivity contribution in [2.24, 2.45) is 0 Å². The van der Waals surface area contributed by atoms with Crippen LogP contribution in [-0.2, 0) is 0 Å². The number of hydrogen-bond donors (Lipinski definition) is 0. The number of hydrogen-bond acceptors (Lipinski definition) is 2. The zero-order valence-corrected chi connectivity index (χ0v) is 9.68. The molecule has 0 bridgehead atoms. The standard InChI is InChI=1S/C13H12FN3/c1-9(2)13-10(7-15)8-17(16-13)12-6-4-3-5-11(12)14/h3-6,8-9H,1-2H3. The Bertz CT molecular complexity index is 579. The average Bonchev–Trinajstić information content (AvgIpc) is 2.73.